The van der Waals surface area contributed by atoms with Crippen molar-refractivity contribution < 1.29 is 9.90 Å². The maximum absolute atomic E-state index is 12.7. The molecule has 0 spiro atoms. The molecule has 3 heterocycles. The average molecular weight is 410 g/mol. The van der Waals surface area contributed by atoms with E-state index < -0.39 is 6.10 Å². The molecule has 2 atom stereocenters. The van der Waals surface area contributed by atoms with Gasteiger partial charge >= 0.3 is 0 Å². The molecule has 160 valence electrons. The van der Waals surface area contributed by atoms with Crippen molar-refractivity contribution in [1.82, 2.24) is 20.5 Å². The molecule has 1 aromatic heterocycles. The number of aryl methyl sites for hydroxylation is 1. The smallest absolute Gasteiger partial charge is 0.253 e. The van der Waals surface area contributed by atoms with Crippen molar-refractivity contribution in [3.63, 3.8) is 0 Å². The molecular weight excluding hydrogens is 378 g/mol. The third-order valence-electron chi connectivity index (χ3n) is 5.94. The predicted molar refractivity (Wildman–Crippen MR) is 118 cm³/mol. The number of aliphatic hydroxyl groups is 1. The normalized spacial score (nSPS) is 19.9. The Morgan fingerprint density at radius 2 is 2.20 bits per heavy atom. The number of β-amino-alcohol motifs (C(OH)–C–C–N with tert-alkyl or cyclic N) is 1. The fraction of sp³-hybridized carbons (Fsp3) is 0.478. The topological polar surface area (TPSA) is 89.5 Å². The number of fused-ring (bicyclic) bond motifs is 1. The van der Waals surface area contributed by atoms with Gasteiger partial charge in [0.1, 0.15) is 0 Å². The molecule has 0 bridgehead atoms. The molecule has 1 aromatic carbocycles. The summed E-state index contributed by atoms with van der Waals surface area (Å²) in [4.78, 5) is 19.3. The molecule has 2 aliphatic rings. The van der Waals surface area contributed by atoms with E-state index in [1.165, 1.54) is 11.1 Å². The van der Waals surface area contributed by atoms with Crippen molar-refractivity contribution in [2.45, 2.75) is 38.5 Å². The van der Waals surface area contributed by atoms with E-state index in [0.29, 0.717) is 23.8 Å². The summed E-state index contributed by atoms with van der Waals surface area (Å²) in [6, 6.07) is 10.7. The number of rotatable bonds is 7. The largest absolute Gasteiger partial charge is 0.390 e. The van der Waals surface area contributed by atoms with Crippen LogP contribution in [-0.2, 0) is 13.0 Å². The van der Waals surface area contributed by atoms with E-state index in [1.54, 1.807) is 6.20 Å². The van der Waals surface area contributed by atoms with Gasteiger partial charge in [-0.15, -0.1) is 0 Å². The van der Waals surface area contributed by atoms with Crippen LogP contribution in [0.15, 0.2) is 36.5 Å². The van der Waals surface area contributed by atoms with Crippen LogP contribution in [0.5, 0.6) is 0 Å². The van der Waals surface area contributed by atoms with E-state index in [2.05, 4.69) is 50.1 Å². The number of hydrogen-bond donors (Lipinski definition) is 4. The number of amides is 1. The number of carbonyl (C=O) groups is 1. The molecule has 2 unspecified atom stereocenters. The Labute approximate surface area is 177 Å². The monoisotopic (exact) mass is 409 g/mol. The lowest BCUT2D eigenvalue weighted by molar-refractivity contribution is 0.0841. The van der Waals surface area contributed by atoms with Gasteiger partial charge in [-0.3, -0.25) is 14.7 Å². The lowest BCUT2D eigenvalue weighted by Gasteiger charge is -2.30. The highest BCUT2D eigenvalue weighted by Gasteiger charge is 2.20. The number of aromatic nitrogens is 1. The first kappa shape index (κ1) is 20.8. The quantitative estimate of drug-likeness (QED) is 0.552. The molecular formula is C23H31N5O2. The first-order chi connectivity index (χ1) is 14.6. The lowest BCUT2D eigenvalue weighted by Crippen LogP contribution is -2.42. The minimum atomic E-state index is -0.613. The van der Waals surface area contributed by atoms with Gasteiger partial charge in [0.05, 0.1) is 29.2 Å². The van der Waals surface area contributed by atoms with Crippen LogP contribution in [0.1, 0.15) is 33.6 Å². The van der Waals surface area contributed by atoms with E-state index in [1.807, 2.05) is 13.0 Å². The number of nitrogens with one attached hydrogen (secondary N) is 3. The van der Waals surface area contributed by atoms with E-state index in [4.69, 9.17) is 0 Å². The Morgan fingerprint density at radius 3 is 3.00 bits per heavy atom. The van der Waals surface area contributed by atoms with Gasteiger partial charge in [0, 0.05) is 38.8 Å². The summed E-state index contributed by atoms with van der Waals surface area (Å²) in [5.74, 6) is -0.198. The molecule has 4 N–H and O–H groups in total. The molecule has 30 heavy (non-hydrogen) atoms. The second-order valence-electron chi connectivity index (χ2n) is 8.31. The van der Waals surface area contributed by atoms with Crippen LogP contribution in [0.4, 0.5) is 5.69 Å². The summed E-state index contributed by atoms with van der Waals surface area (Å²) < 4.78 is 0. The zero-order chi connectivity index (χ0) is 20.9. The van der Waals surface area contributed by atoms with Crippen molar-refractivity contribution in [2.75, 3.05) is 38.0 Å². The summed E-state index contributed by atoms with van der Waals surface area (Å²) >= 11 is 0. The number of nitrogens with zero attached hydrogens (tertiary/aromatic N) is 2. The fourth-order valence-corrected chi connectivity index (χ4v) is 4.23. The van der Waals surface area contributed by atoms with Gasteiger partial charge in [-0.1, -0.05) is 24.3 Å². The number of pyridine rings is 1. The van der Waals surface area contributed by atoms with Crippen LogP contribution >= 0.6 is 0 Å². The lowest BCUT2D eigenvalue weighted by atomic mass is 10.00. The highest BCUT2D eigenvalue weighted by atomic mass is 16.3. The molecule has 7 nitrogen and oxygen atoms in total. The van der Waals surface area contributed by atoms with Crippen LogP contribution in [0.2, 0.25) is 0 Å². The van der Waals surface area contributed by atoms with E-state index in [0.717, 1.165) is 44.7 Å². The minimum Gasteiger partial charge on any atom is -0.390 e. The maximum atomic E-state index is 12.7. The number of aliphatic hydroxyl groups excluding tert-OH is 1. The highest BCUT2D eigenvalue weighted by molar-refractivity contribution is 5.96. The van der Waals surface area contributed by atoms with Crippen molar-refractivity contribution in [3.05, 3.63) is 58.9 Å². The van der Waals surface area contributed by atoms with Gasteiger partial charge in [0.25, 0.3) is 5.91 Å². The Morgan fingerprint density at radius 1 is 1.37 bits per heavy atom. The predicted octanol–water partition coefficient (Wildman–Crippen LogP) is 1.31. The Balaban J connectivity index is 1.28. The van der Waals surface area contributed by atoms with Crippen molar-refractivity contribution >= 4 is 11.6 Å². The van der Waals surface area contributed by atoms with Gasteiger partial charge in [-0.25, -0.2) is 0 Å². The first-order valence-corrected chi connectivity index (χ1v) is 10.8. The Bertz CT molecular complexity index is 882. The minimum absolute atomic E-state index is 0.198. The summed E-state index contributed by atoms with van der Waals surface area (Å²) in [5, 5.41) is 20.1. The second kappa shape index (κ2) is 9.55. The molecule has 2 aromatic rings. The Kier molecular flexibility index (Phi) is 6.62. The maximum Gasteiger partial charge on any atom is 0.253 e. The molecule has 2 aliphatic heterocycles. The third-order valence-corrected chi connectivity index (χ3v) is 5.94. The standard InChI is InChI=1S/C23H31N5O2/c1-16-22(10-20(12-25-16)27-19-6-8-24-11-19)23(30)26-13-21(29)15-28-9-7-17-4-2-3-5-18(17)14-28/h2-5,10,12,19,21,24,27,29H,6-9,11,13-15H2,1H3,(H,26,30). The van der Waals surface area contributed by atoms with Crippen LogP contribution < -0.4 is 16.0 Å². The van der Waals surface area contributed by atoms with E-state index >= 15 is 0 Å². The summed E-state index contributed by atoms with van der Waals surface area (Å²) in [5.41, 5.74) is 4.80. The number of anilines is 1. The van der Waals surface area contributed by atoms with Crippen LogP contribution in [0.25, 0.3) is 0 Å². The molecule has 7 heteroatoms. The molecule has 0 saturated carbocycles. The highest BCUT2D eigenvalue weighted by Crippen LogP contribution is 2.19. The number of benzene rings is 1. The second-order valence-corrected chi connectivity index (χ2v) is 8.31. The van der Waals surface area contributed by atoms with Gasteiger partial charge in [0.15, 0.2) is 0 Å². The number of carbonyl (C=O) groups excluding carboxylic acids is 1. The molecule has 0 radical (unpaired) electrons. The third kappa shape index (κ3) is 5.16. The summed E-state index contributed by atoms with van der Waals surface area (Å²) in [6.45, 7) is 6.29. The average Bonchev–Trinajstić information content (AvgIpc) is 3.26. The molecule has 1 amide bonds. The molecule has 1 saturated heterocycles. The first-order valence-electron chi connectivity index (χ1n) is 10.8. The molecule has 1 fully saturated rings. The van der Waals surface area contributed by atoms with Crippen LogP contribution in [-0.4, -0.2) is 65.8 Å². The zero-order valence-corrected chi connectivity index (χ0v) is 17.5. The zero-order valence-electron chi connectivity index (χ0n) is 17.5. The van der Waals surface area contributed by atoms with E-state index in [9.17, 15) is 9.90 Å². The van der Waals surface area contributed by atoms with Gasteiger partial charge in [0.2, 0.25) is 0 Å². The Hall–Kier alpha value is -2.48. The van der Waals surface area contributed by atoms with Crippen molar-refractivity contribution in [3.8, 4) is 0 Å². The molecule has 0 aliphatic carbocycles. The summed E-state index contributed by atoms with van der Waals surface area (Å²) in [7, 11) is 0. The fourth-order valence-electron chi connectivity index (χ4n) is 4.23. The van der Waals surface area contributed by atoms with Crippen LogP contribution in [0, 0.1) is 6.92 Å². The van der Waals surface area contributed by atoms with Crippen molar-refractivity contribution in [2.24, 2.45) is 0 Å². The van der Waals surface area contributed by atoms with Crippen molar-refractivity contribution in [1.29, 1.82) is 0 Å². The van der Waals surface area contributed by atoms with Gasteiger partial charge in [-0.05, 0) is 43.5 Å². The SMILES string of the molecule is Cc1ncc(NC2CCNC2)cc1C(=O)NCC(O)CN1CCc2ccccc2C1. The van der Waals surface area contributed by atoms with Gasteiger partial charge in [-0.2, -0.15) is 0 Å². The summed E-state index contributed by atoms with van der Waals surface area (Å²) in [6.07, 6.45) is 3.21. The number of hydrogen-bond acceptors (Lipinski definition) is 6. The van der Waals surface area contributed by atoms with E-state index in [-0.39, 0.29) is 12.5 Å². The molecule has 4 rings (SSSR count). The van der Waals surface area contributed by atoms with Gasteiger partial charge < -0.3 is 21.1 Å². The van der Waals surface area contributed by atoms with Crippen LogP contribution in [0.3, 0.4) is 0 Å².